The Labute approximate surface area is 168 Å². The van der Waals surface area contributed by atoms with E-state index in [1.54, 1.807) is 20.8 Å². The summed E-state index contributed by atoms with van der Waals surface area (Å²) in [6, 6.07) is 0. The molecule has 0 aromatic carbocycles. The monoisotopic (exact) mass is 448 g/mol. The maximum atomic E-state index is 12.6. The first kappa shape index (κ1) is 25.9. The molecule has 2 heterocycles. The topological polar surface area (TPSA) is 35.6 Å². The summed E-state index contributed by atoms with van der Waals surface area (Å²) >= 11 is 0. The van der Waals surface area contributed by atoms with Crippen molar-refractivity contribution in [3.05, 3.63) is 34.9 Å². The molecule has 2 aromatic heterocycles. The lowest BCUT2D eigenvalue weighted by Crippen LogP contribution is -2.20. The Kier molecular flexibility index (Phi) is 8.44. The van der Waals surface area contributed by atoms with Crippen molar-refractivity contribution in [3.63, 3.8) is 0 Å². The van der Waals surface area contributed by atoms with Gasteiger partial charge in [-0.15, -0.1) is 0 Å². The Hall–Kier alpha value is -2.14. The fourth-order valence-electron chi connectivity index (χ4n) is 2.75. The minimum Gasteiger partial charge on any atom is -0.260 e. The molecule has 0 saturated carbocycles. The van der Waals surface area contributed by atoms with Crippen LogP contribution in [0.15, 0.2) is 12.4 Å². The van der Waals surface area contributed by atoms with Crippen LogP contribution in [0.2, 0.25) is 0 Å². The van der Waals surface area contributed by atoms with E-state index >= 15 is 0 Å². The minimum atomic E-state index is -4.55. The molecule has 0 unspecified atom stereocenters. The molecular formula is C18H24F8N4. The van der Waals surface area contributed by atoms with Gasteiger partial charge in [0.2, 0.25) is 0 Å². The third kappa shape index (κ3) is 7.60. The molecule has 0 N–H and O–H groups in total. The van der Waals surface area contributed by atoms with E-state index in [2.05, 4.69) is 10.2 Å². The van der Waals surface area contributed by atoms with Crippen molar-refractivity contribution in [2.45, 2.75) is 78.3 Å². The van der Waals surface area contributed by atoms with Crippen LogP contribution < -0.4 is 0 Å². The average Bonchev–Trinajstić information content (AvgIpc) is 3.09. The smallest absolute Gasteiger partial charge is 0.260 e. The van der Waals surface area contributed by atoms with Gasteiger partial charge < -0.3 is 0 Å². The van der Waals surface area contributed by atoms with Gasteiger partial charge in [0.1, 0.15) is 18.8 Å². The van der Waals surface area contributed by atoms with Crippen LogP contribution in [0.5, 0.6) is 0 Å². The van der Waals surface area contributed by atoms with E-state index in [9.17, 15) is 35.1 Å². The Morgan fingerprint density at radius 2 is 1.17 bits per heavy atom. The quantitative estimate of drug-likeness (QED) is 0.498. The highest BCUT2D eigenvalue weighted by atomic mass is 19.4. The van der Waals surface area contributed by atoms with Gasteiger partial charge in [-0.05, 0) is 24.3 Å². The molecule has 0 bridgehead atoms. The second-order valence-electron chi connectivity index (χ2n) is 7.33. The maximum Gasteiger partial charge on any atom is 0.408 e. The normalized spacial score (nSPS) is 12.7. The molecule has 0 amide bonds. The van der Waals surface area contributed by atoms with Crippen molar-refractivity contribution in [2.24, 2.45) is 0 Å². The molecule has 0 aliphatic heterocycles. The Morgan fingerprint density at radius 1 is 0.767 bits per heavy atom. The van der Waals surface area contributed by atoms with Crippen molar-refractivity contribution >= 4 is 0 Å². The van der Waals surface area contributed by atoms with Gasteiger partial charge >= 0.3 is 12.4 Å². The molecule has 172 valence electrons. The molecule has 2 aromatic rings. The molecule has 0 atom stereocenters. The van der Waals surface area contributed by atoms with Crippen LogP contribution in [0.3, 0.4) is 0 Å². The number of nitrogens with zero attached hydrogens (tertiary/aromatic N) is 4. The van der Waals surface area contributed by atoms with Gasteiger partial charge in [-0.2, -0.15) is 36.5 Å². The molecule has 0 radical (unpaired) electrons. The highest BCUT2D eigenvalue weighted by Crippen LogP contribution is 2.30. The van der Waals surface area contributed by atoms with Crippen molar-refractivity contribution in [1.82, 2.24) is 19.6 Å². The predicted molar refractivity (Wildman–Crippen MR) is 94.4 cm³/mol. The van der Waals surface area contributed by atoms with Crippen LogP contribution in [0.1, 0.15) is 68.5 Å². The van der Waals surface area contributed by atoms with Crippen molar-refractivity contribution in [1.29, 1.82) is 0 Å². The zero-order valence-electron chi connectivity index (χ0n) is 17.1. The number of hydrogen-bond donors (Lipinski definition) is 0. The Bertz CT molecular complexity index is 800. The molecule has 12 heteroatoms. The fraction of sp³-hybridized carbons (Fsp3) is 0.667. The summed E-state index contributed by atoms with van der Waals surface area (Å²) in [6.45, 7) is 6.28. The maximum absolute atomic E-state index is 12.6. The van der Waals surface area contributed by atoms with E-state index in [4.69, 9.17) is 0 Å². The van der Waals surface area contributed by atoms with E-state index in [0.717, 1.165) is 16.4 Å². The molecule has 30 heavy (non-hydrogen) atoms. The van der Waals surface area contributed by atoms with E-state index in [-0.39, 0.29) is 17.4 Å². The third-order valence-corrected chi connectivity index (χ3v) is 4.16. The SMILES string of the molecule is CC(C)c1cnn(CC(F)(F)F)c1C(F)F.Cc1c(C(C)C)cnn1CC(F)(F)F. The first-order chi connectivity index (χ1) is 13.5. The molecule has 0 aliphatic rings. The molecule has 0 spiro atoms. The second-order valence-corrected chi connectivity index (χ2v) is 7.33. The molecule has 4 nitrogen and oxygen atoms in total. The van der Waals surface area contributed by atoms with E-state index in [1.165, 1.54) is 6.20 Å². The largest absolute Gasteiger partial charge is 0.408 e. The highest BCUT2D eigenvalue weighted by molar-refractivity contribution is 5.22. The van der Waals surface area contributed by atoms with Gasteiger partial charge in [-0.3, -0.25) is 9.36 Å². The first-order valence-electron chi connectivity index (χ1n) is 9.03. The molecule has 0 aliphatic carbocycles. The number of aromatic nitrogens is 4. The predicted octanol–water partition coefficient (Wildman–Crippen LogP) is 6.38. The summed E-state index contributed by atoms with van der Waals surface area (Å²) in [5, 5.41) is 7.08. The summed E-state index contributed by atoms with van der Waals surface area (Å²) < 4.78 is 99.1. The number of alkyl halides is 8. The number of rotatable bonds is 5. The highest BCUT2D eigenvalue weighted by Gasteiger charge is 2.32. The van der Waals surface area contributed by atoms with Gasteiger partial charge in [-0.1, -0.05) is 27.7 Å². The first-order valence-corrected chi connectivity index (χ1v) is 9.03. The van der Waals surface area contributed by atoms with Gasteiger partial charge in [-0.25, -0.2) is 8.78 Å². The summed E-state index contributed by atoms with van der Waals surface area (Å²) in [5.74, 6) is -0.0806. The van der Waals surface area contributed by atoms with Crippen LogP contribution >= 0.6 is 0 Å². The lowest BCUT2D eigenvalue weighted by Gasteiger charge is -2.12. The summed E-state index contributed by atoms with van der Waals surface area (Å²) in [5.41, 5.74) is 0.971. The van der Waals surface area contributed by atoms with Gasteiger partial charge in [0.05, 0.1) is 12.4 Å². The molecule has 2 rings (SSSR count). The lowest BCUT2D eigenvalue weighted by molar-refractivity contribution is -0.144. The number of halogens is 8. The van der Waals surface area contributed by atoms with Gasteiger partial charge in [0.15, 0.2) is 0 Å². The summed E-state index contributed by atoms with van der Waals surface area (Å²) in [7, 11) is 0. The van der Waals surface area contributed by atoms with E-state index in [0.29, 0.717) is 10.4 Å². The Balaban J connectivity index is 0.000000303. The van der Waals surface area contributed by atoms with Crippen molar-refractivity contribution in [2.75, 3.05) is 0 Å². The standard InChI is InChI=1S/C9H11F5N2.C9H13F3N2/c1-5(2)6-3-15-16(4-9(12,13)14)7(6)8(10)11;1-6(2)8-4-13-14(7(8)3)5-9(10,11)12/h3,5,8H,4H2,1-2H3;4,6H,5H2,1-3H3. The van der Waals surface area contributed by atoms with Crippen LogP contribution in [-0.4, -0.2) is 31.9 Å². The van der Waals surface area contributed by atoms with Gasteiger partial charge in [0.25, 0.3) is 6.43 Å². The fourth-order valence-corrected chi connectivity index (χ4v) is 2.75. The van der Waals surface area contributed by atoms with Gasteiger partial charge in [0, 0.05) is 11.3 Å². The van der Waals surface area contributed by atoms with Crippen LogP contribution in [0.4, 0.5) is 35.1 Å². The van der Waals surface area contributed by atoms with Crippen molar-refractivity contribution in [3.8, 4) is 0 Å². The lowest BCUT2D eigenvalue weighted by atomic mass is 10.0. The number of hydrogen-bond acceptors (Lipinski definition) is 2. The summed E-state index contributed by atoms with van der Waals surface area (Å²) in [4.78, 5) is 0. The van der Waals surface area contributed by atoms with Crippen LogP contribution in [-0.2, 0) is 13.1 Å². The second kappa shape index (κ2) is 9.78. The molecule has 0 saturated heterocycles. The van der Waals surface area contributed by atoms with Crippen LogP contribution in [0, 0.1) is 6.92 Å². The average molecular weight is 448 g/mol. The molecular weight excluding hydrogens is 424 g/mol. The van der Waals surface area contributed by atoms with E-state index in [1.807, 2.05) is 13.8 Å². The van der Waals surface area contributed by atoms with Crippen LogP contribution in [0.25, 0.3) is 0 Å². The van der Waals surface area contributed by atoms with Crippen molar-refractivity contribution < 1.29 is 35.1 Å². The zero-order chi connectivity index (χ0) is 23.4. The Morgan fingerprint density at radius 3 is 1.53 bits per heavy atom. The zero-order valence-corrected chi connectivity index (χ0v) is 17.1. The van der Waals surface area contributed by atoms with E-state index < -0.39 is 37.6 Å². The molecule has 0 fully saturated rings. The minimum absolute atomic E-state index is 0.152. The third-order valence-electron chi connectivity index (χ3n) is 4.16. The summed E-state index contributed by atoms with van der Waals surface area (Å²) in [6.07, 6.45) is -9.14.